The highest BCUT2D eigenvalue weighted by Gasteiger charge is 2.32. The molecule has 0 radical (unpaired) electrons. The van der Waals surface area contributed by atoms with E-state index in [1.807, 2.05) is 0 Å². The highest BCUT2D eigenvalue weighted by atomic mass is 32.2. The van der Waals surface area contributed by atoms with Crippen LogP contribution in [-0.4, -0.2) is 42.9 Å². The van der Waals surface area contributed by atoms with Crippen molar-refractivity contribution in [2.24, 2.45) is 11.0 Å². The molecule has 1 aliphatic heterocycles. The summed E-state index contributed by atoms with van der Waals surface area (Å²) in [6, 6.07) is 8.30. The summed E-state index contributed by atoms with van der Waals surface area (Å²) < 4.78 is 39.5. The Kier molecular flexibility index (Phi) is 5.92. The number of nitrogens with one attached hydrogen (secondary N) is 1. The van der Waals surface area contributed by atoms with E-state index < -0.39 is 15.8 Å². The third kappa shape index (κ3) is 4.75. The van der Waals surface area contributed by atoms with E-state index >= 15 is 0 Å². The van der Waals surface area contributed by atoms with Crippen LogP contribution in [0.25, 0.3) is 0 Å². The fourth-order valence-corrected chi connectivity index (χ4v) is 4.30. The summed E-state index contributed by atoms with van der Waals surface area (Å²) in [7, 11) is -3.68. The van der Waals surface area contributed by atoms with Gasteiger partial charge in [0.1, 0.15) is 5.82 Å². The molecule has 1 N–H and O–H groups in total. The Hall–Kier alpha value is -2.65. The van der Waals surface area contributed by atoms with Gasteiger partial charge in [0, 0.05) is 37.0 Å². The standard InChI is InChI=1S/C18H19FN4O3S/c19-16-3-5-17(6-4-16)27(25,26)23-10-7-15(8-11-23)18(24)22-21-13-14-2-1-9-20-12-14/h1-6,9,12-13,15H,7-8,10-11H2,(H,22,24)/b21-13-. The molecular formula is C18H19FN4O3S. The molecule has 1 aromatic heterocycles. The minimum Gasteiger partial charge on any atom is -0.273 e. The Morgan fingerprint density at radius 2 is 1.93 bits per heavy atom. The zero-order chi connectivity index (χ0) is 19.3. The van der Waals surface area contributed by atoms with Gasteiger partial charge >= 0.3 is 0 Å². The number of hydrogen-bond acceptors (Lipinski definition) is 5. The van der Waals surface area contributed by atoms with Gasteiger partial charge in [-0.3, -0.25) is 9.78 Å². The van der Waals surface area contributed by atoms with E-state index in [2.05, 4.69) is 15.5 Å². The van der Waals surface area contributed by atoms with Gasteiger partial charge in [-0.25, -0.2) is 18.2 Å². The first-order valence-electron chi connectivity index (χ1n) is 8.45. The monoisotopic (exact) mass is 390 g/mol. The van der Waals surface area contributed by atoms with Gasteiger partial charge in [0.25, 0.3) is 0 Å². The lowest BCUT2D eigenvalue weighted by Crippen LogP contribution is -2.42. The summed E-state index contributed by atoms with van der Waals surface area (Å²) in [4.78, 5) is 16.2. The summed E-state index contributed by atoms with van der Waals surface area (Å²) in [5, 5.41) is 3.91. The van der Waals surface area contributed by atoms with Gasteiger partial charge in [-0.2, -0.15) is 9.41 Å². The van der Waals surface area contributed by atoms with Crippen LogP contribution in [0.1, 0.15) is 18.4 Å². The van der Waals surface area contributed by atoms with Gasteiger partial charge in [0.05, 0.1) is 11.1 Å². The first-order chi connectivity index (χ1) is 13.0. The molecular weight excluding hydrogens is 371 g/mol. The summed E-state index contributed by atoms with van der Waals surface area (Å²) in [6.45, 7) is 0.453. The number of halogens is 1. The number of nitrogens with zero attached hydrogens (tertiary/aromatic N) is 3. The topological polar surface area (TPSA) is 91.7 Å². The molecule has 0 bridgehead atoms. The molecule has 0 spiro atoms. The van der Waals surface area contributed by atoms with Gasteiger partial charge in [-0.05, 0) is 43.2 Å². The number of rotatable bonds is 5. The van der Waals surface area contributed by atoms with Crippen LogP contribution in [-0.2, 0) is 14.8 Å². The Morgan fingerprint density at radius 1 is 1.22 bits per heavy atom. The number of amides is 1. The number of sulfonamides is 1. The first kappa shape index (κ1) is 19.1. The quantitative estimate of drug-likeness (QED) is 0.622. The Labute approximate surface area is 157 Å². The van der Waals surface area contributed by atoms with Crippen molar-refractivity contribution in [2.45, 2.75) is 17.7 Å². The smallest absolute Gasteiger partial charge is 0.243 e. The number of benzene rings is 1. The second-order valence-corrected chi connectivity index (χ2v) is 8.09. The molecule has 9 heteroatoms. The molecule has 7 nitrogen and oxygen atoms in total. The van der Waals surface area contributed by atoms with Gasteiger partial charge < -0.3 is 0 Å². The third-order valence-electron chi connectivity index (χ3n) is 4.35. The van der Waals surface area contributed by atoms with Crippen molar-refractivity contribution in [1.82, 2.24) is 14.7 Å². The molecule has 1 amide bonds. The molecule has 0 aliphatic carbocycles. The number of carbonyl (C=O) groups is 1. The van der Waals surface area contributed by atoms with E-state index in [1.165, 1.54) is 22.7 Å². The van der Waals surface area contributed by atoms with Crippen molar-refractivity contribution in [2.75, 3.05) is 13.1 Å². The predicted octanol–water partition coefficient (Wildman–Crippen LogP) is 1.77. The molecule has 0 atom stereocenters. The fraction of sp³-hybridized carbons (Fsp3) is 0.278. The molecule has 3 rings (SSSR count). The predicted molar refractivity (Wildman–Crippen MR) is 97.9 cm³/mol. The van der Waals surface area contributed by atoms with Crippen LogP contribution < -0.4 is 5.43 Å². The van der Waals surface area contributed by atoms with Gasteiger partial charge in [-0.15, -0.1) is 0 Å². The average molecular weight is 390 g/mol. The van der Waals surface area contributed by atoms with E-state index in [0.717, 1.165) is 17.7 Å². The molecule has 0 saturated carbocycles. The molecule has 27 heavy (non-hydrogen) atoms. The van der Waals surface area contributed by atoms with Crippen molar-refractivity contribution >= 4 is 22.1 Å². The van der Waals surface area contributed by atoms with Crippen molar-refractivity contribution in [1.29, 1.82) is 0 Å². The zero-order valence-corrected chi connectivity index (χ0v) is 15.3. The van der Waals surface area contributed by atoms with E-state index in [4.69, 9.17) is 0 Å². The molecule has 142 valence electrons. The second kappa shape index (κ2) is 8.36. The van der Waals surface area contributed by atoms with Gasteiger partial charge in [0.15, 0.2) is 0 Å². The summed E-state index contributed by atoms with van der Waals surface area (Å²) >= 11 is 0. The van der Waals surface area contributed by atoms with Crippen LogP contribution in [0.4, 0.5) is 4.39 Å². The molecule has 1 fully saturated rings. The van der Waals surface area contributed by atoms with Crippen molar-refractivity contribution < 1.29 is 17.6 Å². The SMILES string of the molecule is O=C(N/N=C\c1cccnc1)C1CCN(S(=O)(=O)c2ccc(F)cc2)CC1. The maximum atomic E-state index is 13.0. The van der Waals surface area contributed by atoms with Crippen LogP contribution in [0, 0.1) is 11.7 Å². The first-order valence-corrected chi connectivity index (χ1v) is 9.89. The highest BCUT2D eigenvalue weighted by Crippen LogP contribution is 2.24. The largest absolute Gasteiger partial charge is 0.273 e. The lowest BCUT2D eigenvalue weighted by molar-refractivity contribution is -0.126. The molecule has 0 unspecified atom stereocenters. The summed E-state index contributed by atoms with van der Waals surface area (Å²) in [6.07, 6.45) is 5.56. The fourth-order valence-electron chi connectivity index (χ4n) is 2.83. The van der Waals surface area contributed by atoms with Crippen molar-refractivity contribution in [3.8, 4) is 0 Å². The minimum absolute atomic E-state index is 0.0490. The average Bonchev–Trinajstić information content (AvgIpc) is 2.69. The molecule has 2 aromatic rings. The number of aromatic nitrogens is 1. The lowest BCUT2D eigenvalue weighted by Gasteiger charge is -2.30. The summed E-state index contributed by atoms with van der Waals surface area (Å²) in [5.74, 6) is -1.04. The van der Waals surface area contributed by atoms with E-state index in [-0.39, 0.29) is 29.8 Å². The number of piperidine rings is 1. The maximum Gasteiger partial charge on any atom is 0.243 e. The van der Waals surface area contributed by atoms with Gasteiger partial charge in [-0.1, -0.05) is 6.07 Å². The normalized spacial score (nSPS) is 16.5. The second-order valence-electron chi connectivity index (χ2n) is 6.15. The van der Waals surface area contributed by atoms with Crippen LogP contribution >= 0.6 is 0 Å². The molecule has 2 heterocycles. The number of pyridine rings is 1. The maximum absolute atomic E-state index is 13.0. The van der Waals surface area contributed by atoms with Crippen molar-refractivity contribution in [3.63, 3.8) is 0 Å². The van der Waals surface area contributed by atoms with E-state index in [1.54, 1.807) is 24.5 Å². The van der Waals surface area contributed by atoms with Crippen LogP contribution in [0.2, 0.25) is 0 Å². The van der Waals surface area contributed by atoms with E-state index in [9.17, 15) is 17.6 Å². The molecule has 1 aliphatic rings. The molecule has 1 aromatic carbocycles. The van der Waals surface area contributed by atoms with Crippen LogP contribution in [0.15, 0.2) is 58.8 Å². The third-order valence-corrected chi connectivity index (χ3v) is 6.26. The number of hydrogen-bond donors (Lipinski definition) is 1. The van der Waals surface area contributed by atoms with E-state index in [0.29, 0.717) is 12.8 Å². The van der Waals surface area contributed by atoms with Crippen LogP contribution in [0.5, 0.6) is 0 Å². The van der Waals surface area contributed by atoms with Crippen molar-refractivity contribution in [3.05, 3.63) is 60.2 Å². The number of carbonyl (C=O) groups excluding carboxylic acids is 1. The highest BCUT2D eigenvalue weighted by molar-refractivity contribution is 7.89. The molecule has 1 saturated heterocycles. The van der Waals surface area contributed by atoms with Crippen LogP contribution in [0.3, 0.4) is 0 Å². The lowest BCUT2D eigenvalue weighted by atomic mass is 9.98. The zero-order valence-electron chi connectivity index (χ0n) is 14.5. The Balaban J connectivity index is 1.54. The van der Waals surface area contributed by atoms with Gasteiger partial charge in [0.2, 0.25) is 15.9 Å². The summed E-state index contributed by atoms with van der Waals surface area (Å²) in [5.41, 5.74) is 3.25. The minimum atomic E-state index is -3.68. The Morgan fingerprint density at radius 3 is 2.56 bits per heavy atom. The Bertz CT molecular complexity index is 909. The number of hydrazone groups is 1.